The van der Waals surface area contributed by atoms with Crippen molar-refractivity contribution in [1.82, 2.24) is 5.32 Å². The molecular formula is C13H15Cl2NS. The summed E-state index contributed by atoms with van der Waals surface area (Å²) < 4.78 is 1.30. The summed E-state index contributed by atoms with van der Waals surface area (Å²) in [5.74, 6) is 0.104. The fourth-order valence-corrected chi connectivity index (χ4v) is 3.52. The Kier molecular flexibility index (Phi) is 4.31. The number of fused-ring (bicyclic) bond motifs is 1. The largest absolute Gasteiger partial charge is 0.317 e. The summed E-state index contributed by atoms with van der Waals surface area (Å²) in [6.45, 7) is 2.10. The fraction of sp³-hybridized carbons (Fsp3) is 0.385. The third-order valence-electron chi connectivity index (χ3n) is 3.13. The lowest BCUT2D eigenvalue weighted by atomic mass is 9.93. The van der Waals surface area contributed by atoms with E-state index in [1.165, 1.54) is 15.6 Å². The first kappa shape index (κ1) is 13.2. The number of hydrogen-bond acceptors (Lipinski definition) is 2. The highest BCUT2D eigenvalue weighted by Gasteiger charge is 2.24. The molecule has 1 nitrogen and oxygen atoms in total. The topological polar surface area (TPSA) is 12.0 Å². The number of alkyl halides is 2. The highest BCUT2D eigenvalue weighted by molar-refractivity contribution is 7.17. The maximum Gasteiger partial charge on any atom is 0.116 e. The predicted molar refractivity (Wildman–Crippen MR) is 78.6 cm³/mol. The van der Waals surface area contributed by atoms with Crippen LogP contribution in [0.3, 0.4) is 0 Å². The molecule has 0 saturated heterocycles. The van der Waals surface area contributed by atoms with E-state index in [1.54, 1.807) is 11.3 Å². The third kappa shape index (κ3) is 2.76. The van der Waals surface area contributed by atoms with E-state index in [0.29, 0.717) is 0 Å². The molecule has 0 aliphatic heterocycles. The van der Waals surface area contributed by atoms with E-state index in [9.17, 15) is 0 Å². The van der Waals surface area contributed by atoms with Gasteiger partial charge >= 0.3 is 0 Å². The van der Waals surface area contributed by atoms with Crippen LogP contribution in [0.5, 0.6) is 0 Å². The lowest BCUT2D eigenvalue weighted by Crippen LogP contribution is -2.32. The second kappa shape index (κ2) is 5.57. The van der Waals surface area contributed by atoms with Crippen molar-refractivity contribution in [2.45, 2.75) is 23.7 Å². The van der Waals surface area contributed by atoms with E-state index in [-0.39, 0.29) is 12.0 Å². The summed E-state index contributed by atoms with van der Waals surface area (Å²) in [4.78, 5) is -0.409. The van der Waals surface area contributed by atoms with Crippen LogP contribution in [0.4, 0.5) is 0 Å². The molecule has 0 amide bonds. The van der Waals surface area contributed by atoms with E-state index in [2.05, 4.69) is 41.9 Å². The van der Waals surface area contributed by atoms with Gasteiger partial charge in [-0.3, -0.25) is 0 Å². The summed E-state index contributed by atoms with van der Waals surface area (Å²) >= 11 is 14.0. The van der Waals surface area contributed by atoms with Crippen molar-refractivity contribution >= 4 is 44.6 Å². The van der Waals surface area contributed by atoms with Crippen molar-refractivity contribution < 1.29 is 0 Å². The van der Waals surface area contributed by atoms with E-state index >= 15 is 0 Å². The van der Waals surface area contributed by atoms with Gasteiger partial charge in [-0.2, -0.15) is 0 Å². The predicted octanol–water partition coefficient (Wildman–Crippen LogP) is 4.40. The van der Waals surface area contributed by atoms with Crippen molar-refractivity contribution in [2.24, 2.45) is 0 Å². The molecular weight excluding hydrogens is 273 g/mol. The van der Waals surface area contributed by atoms with Crippen LogP contribution in [0, 0.1) is 0 Å². The molecule has 1 heterocycles. The number of rotatable bonds is 4. The minimum absolute atomic E-state index is 0.104. The molecule has 2 atom stereocenters. The van der Waals surface area contributed by atoms with Crippen LogP contribution in [0.25, 0.3) is 10.1 Å². The van der Waals surface area contributed by atoms with Crippen LogP contribution in [0.1, 0.15) is 18.4 Å². The molecule has 2 unspecified atom stereocenters. The van der Waals surface area contributed by atoms with Crippen molar-refractivity contribution in [3.05, 3.63) is 35.2 Å². The molecule has 0 fully saturated rings. The first-order valence-electron chi connectivity index (χ1n) is 5.56. The molecule has 0 radical (unpaired) electrons. The second-order valence-electron chi connectivity index (χ2n) is 4.16. The summed E-state index contributed by atoms with van der Waals surface area (Å²) in [5.41, 5.74) is 1.19. The summed E-state index contributed by atoms with van der Waals surface area (Å²) in [6, 6.07) is 8.81. The average molecular weight is 288 g/mol. The monoisotopic (exact) mass is 287 g/mol. The Morgan fingerprint density at radius 1 is 1.24 bits per heavy atom. The van der Waals surface area contributed by atoms with E-state index < -0.39 is 4.84 Å². The number of benzene rings is 1. The molecule has 0 bridgehead atoms. The van der Waals surface area contributed by atoms with E-state index in [1.807, 2.05) is 7.05 Å². The van der Waals surface area contributed by atoms with Gasteiger partial charge in [-0.15, -0.1) is 34.5 Å². The third-order valence-corrected chi connectivity index (χ3v) is 4.57. The molecule has 2 aromatic rings. The second-order valence-corrected chi connectivity index (χ2v) is 6.27. The van der Waals surface area contributed by atoms with Crippen LogP contribution in [0.2, 0.25) is 0 Å². The molecule has 1 N–H and O–H groups in total. The van der Waals surface area contributed by atoms with Gasteiger partial charge in [0.1, 0.15) is 4.84 Å². The average Bonchev–Trinajstić information content (AvgIpc) is 2.75. The van der Waals surface area contributed by atoms with Gasteiger partial charge in [0.25, 0.3) is 0 Å². The summed E-state index contributed by atoms with van der Waals surface area (Å²) in [7, 11) is 1.93. The van der Waals surface area contributed by atoms with Crippen molar-refractivity contribution in [2.75, 3.05) is 7.05 Å². The minimum Gasteiger partial charge on any atom is -0.317 e. The van der Waals surface area contributed by atoms with Gasteiger partial charge < -0.3 is 5.32 Å². The van der Waals surface area contributed by atoms with Crippen LogP contribution >= 0.6 is 34.5 Å². The molecule has 0 aliphatic rings. The molecule has 17 heavy (non-hydrogen) atoms. The minimum atomic E-state index is -0.409. The molecule has 0 saturated carbocycles. The number of nitrogens with one attached hydrogen (secondary N) is 1. The maximum atomic E-state index is 6.11. The van der Waals surface area contributed by atoms with Gasteiger partial charge in [-0.25, -0.2) is 0 Å². The quantitative estimate of drug-likeness (QED) is 0.822. The van der Waals surface area contributed by atoms with Crippen LogP contribution in [-0.2, 0) is 0 Å². The molecule has 1 aromatic carbocycles. The lowest BCUT2D eigenvalue weighted by molar-refractivity contribution is 0.515. The first-order valence-corrected chi connectivity index (χ1v) is 7.31. The molecule has 1 aromatic heterocycles. The van der Waals surface area contributed by atoms with Crippen molar-refractivity contribution in [1.29, 1.82) is 0 Å². The van der Waals surface area contributed by atoms with Crippen molar-refractivity contribution in [3.8, 4) is 0 Å². The summed E-state index contributed by atoms with van der Waals surface area (Å²) in [5, 5.41) is 6.58. The Hall–Kier alpha value is -0.280. The zero-order chi connectivity index (χ0) is 12.4. The SMILES string of the molecule is CNC(C)C(c1ccc2sccc2c1)C(Cl)Cl. The van der Waals surface area contributed by atoms with Crippen LogP contribution in [0.15, 0.2) is 29.6 Å². The van der Waals surface area contributed by atoms with E-state index in [4.69, 9.17) is 23.2 Å². The van der Waals surface area contributed by atoms with Crippen LogP contribution < -0.4 is 5.32 Å². The maximum absolute atomic E-state index is 6.11. The van der Waals surface area contributed by atoms with Crippen LogP contribution in [-0.4, -0.2) is 17.9 Å². The van der Waals surface area contributed by atoms with Gasteiger partial charge in [-0.05, 0) is 48.5 Å². The number of thiophene rings is 1. The molecule has 4 heteroatoms. The molecule has 0 aliphatic carbocycles. The number of halogens is 2. The normalized spacial score (nSPS) is 15.4. The zero-order valence-corrected chi connectivity index (χ0v) is 12.1. The zero-order valence-electron chi connectivity index (χ0n) is 9.78. The standard InChI is InChI=1S/C13H15Cl2NS/c1-8(16-2)12(13(14)15)10-3-4-11-9(7-10)5-6-17-11/h3-8,12-13,16H,1-2H3. The fourth-order valence-electron chi connectivity index (χ4n) is 2.02. The first-order chi connectivity index (χ1) is 8.13. The van der Waals surface area contributed by atoms with Gasteiger partial charge in [0.15, 0.2) is 0 Å². The smallest absolute Gasteiger partial charge is 0.116 e. The van der Waals surface area contributed by atoms with Crippen molar-refractivity contribution in [3.63, 3.8) is 0 Å². The Morgan fingerprint density at radius 3 is 2.65 bits per heavy atom. The van der Waals surface area contributed by atoms with Gasteiger partial charge in [0.2, 0.25) is 0 Å². The van der Waals surface area contributed by atoms with E-state index in [0.717, 1.165) is 0 Å². The molecule has 0 spiro atoms. The van der Waals surface area contributed by atoms with Gasteiger partial charge in [0.05, 0.1) is 0 Å². The Labute approximate surface area is 116 Å². The number of hydrogen-bond donors (Lipinski definition) is 1. The van der Waals surface area contributed by atoms with Gasteiger partial charge in [0, 0.05) is 16.7 Å². The Balaban J connectivity index is 2.40. The number of likely N-dealkylation sites (N-methyl/N-ethyl adjacent to an activating group) is 1. The molecule has 92 valence electrons. The summed E-state index contributed by atoms with van der Waals surface area (Å²) in [6.07, 6.45) is 0. The Bertz CT molecular complexity index is 495. The lowest BCUT2D eigenvalue weighted by Gasteiger charge is -2.25. The molecule has 2 rings (SSSR count). The highest BCUT2D eigenvalue weighted by Crippen LogP contribution is 2.32. The highest BCUT2D eigenvalue weighted by atomic mass is 35.5. The Morgan fingerprint density at radius 2 is 2.00 bits per heavy atom. The van der Waals surface area contributed by atoms with Gasteiger partial charge in [-0.1, -0.05) is 6.07 Å².